The molecule has 3 amide bonds. The Morgan fingerprint density at radius 2 is 1.48 bits per heavy atom. The van der Waals surface area contributed by atoms with Gasteiger partial charge in [-0.3, -0.25) is 4.79 Å². The van der Waals surface area contributed by atoms with Crippen molar-refractivity contribution in [2.45, 2.75) is 107 Å². The van der Waals surface area contributed by atoms with Crippen LogP contribution in [0.25, 0.3) is 0 Å². The van der Waals surface area contributed by atoms with Gasteiger partial charge in [0.25, 0.3) is 0 Å². The van der Waals surface area contributed by atoms with Crippen LogP contribution in [0.5, 0.6) is 5.75 Å². The van der Waals surface area contributed by atoms with Crippen molar-refractivity contribution in [3.05, 3.63) is 59.1 Å². The smallest absolute Gasteiger partial charge is 0.319 e. The summed E-state index contributed by atoms with van der Waals surface area (Å²) in [6.45, 7) is 1.34. The number of benzene rings is 2. The summed E-state index contributed by atoms with van der Waals surface area (Å²) < 4.78 is 0. The Morgan fingerprint density at radius 3 is 2.11 bits per heavy atom. The highest BCUT2D eigenvalue weighted by Gasteiger charge is 2.37. The van der Waals surface area contributed by atoms with Gasteiger partial charge in [-0.1, -0.05) is 55.1 Å². The average Bonchev–Trinajstić information content (AvgIpc) is 3.04. The van der Waals surface area contributed by atoms with E-state index in [1.54, 1.807) is 11.0 Å². The minimum absolute atomic E-state index is 0.108. The van der Waals surface area contributed by atoms with Crippen LogP contribution in [-0.4, -0.2) is 89.1 Å². The molecule has 44 heavy (non-hydrogen) atoms. The lowest BCUT2D eigenvalue weighted by Gasteiger charge is -2.45. The highest BCUT2D eigenvalue weighted by atomic mass is 35.5. The molecule has 2 aromatic rings. The number of rotatable bonds is 9. The normalized spacial score (nSPS) is 22.3. The quantitative estimate of drug-likeness (QED) is 0.286. The molecule has 0 spiro atoms. The van der Waals surface area contributed by atoms with E-state index in [1.807, 2.05) is 61.5 Å². The van der Waals surface area contributed by atoms with E-state index in [2.05, 4.69) is 15.5 Å². The number of hydrogen-bond acceptors (Lipinski definition) is 5. The first kappa shape index (κ1) is 32.4. The van der Waals surface area contributed by atoms with Gasteiger partial charge >= 0.3 is 6.03 Å². The van der Waals surface area contributed by atoms with Gasteiger partial charge in [-0.25, -0.2) is 4.79 Å². The summed E-state index contributed by atoms with van der Waals surface area (Å²) in [7, 11) is 3.69. The summed E-state index contributed by atoms with van der Waals surface area (Å²) in [5.41, 5.74) is 1.86. The van der Waals surface area contributed by atoms with Gasteiger partial charge in [0.2, 0.25) is 5.91 Å². The second kappa shape index (κ2) is 15.3. The van der Waals surface area contributed by atoms with Crippen molar-refractivity contribution in [1.82, 2.24) is 20.0 Å². The van der Waals surface area contributed by atoms with Gasteiger partial charge in [0, 0.05) is 56.4 Å². The molecule has 2 aliphatic carbocycles. The number of nitrogens with one attached hydrogen (secondary N) is 2. The number of aromatic hydroxyl groups is 1. The number of nitrogens with zero attached hydrogens (tertiary/aromatic N) is 3. The molecule has 0 bridgehead atoms. The summed E-state index contributed by atoms with van der Waals surface area (Å²) in [5, 5.41) is 18.1. The highest BCUT2D eigenvalue weighted by Crippen LogP contribution is 2.30. The summed E-state index contributed by atoms with van der Waals surface area (Å²) in [4.78, 5) is 33.3. The number of carbonyl (C=O) groups is 2. The Bertz CT molecular complexity index is 1220. The molecule has 1 aliphatic heterocycles. The number of halogens is 1. The monoisotopic (exact) mass is 623 g/mol. The van der Waals surface area contributed by atoms with Gasteiger partial charge in [-0.2, -0.15) is 0 Å². The summed E-state index contributed by atoms with van der Waals surface area (Å²) >= 11 is 6.16. The van der Waals surface area contributed by atoms with Crippen LogP contribution in [0, 0.1) is 0 Å². The number of carbonyl (C=O) groups excluding carboxylic acids is 2. The molecule has 0 radical (unpaired) electrons. The van der Waals surface area contributed by atoms with E-state index >= 15 is 0 Å². The number of anilines is 1. The minimum Gasteiger partial charge on any atom is -0.506 e. The molecule has 2 saturated carbocycles. The van der Waals surface area contributed by atoms with Crippen LogP contribution in [0.15, 0.2) is 48.5 Å². The summed E-state index contributed by atoms with van der Waals surface area (Å²) in [6, 6.07) is 16.0. The topological polar surface area (TPSA) is 88.2 Å². The van der Waals surface area contributed by atoms with Crippen molar-refractivity contribution in [2.75, 3.05) is 32.5 Å². The largest absolute Gasteiger partial charge is 0.506 e. The molecule has 1 atom stereocenters. The van der Waals surface area contributed by atoms with Crippen molar-refractivity contribution in [3.8, 4) is 5.75 Å². The number of likely N-dealkylation sites (tertiary alicyclic amines) is 1. The first-order valence-electron chi connectivity index (χ1n) is 16.6. The Balaban J connectivity index is 1.21. The zero-order chi connectivity index (χ0) is 31.1. The van der Waals surface area contributed by atoms with Gasteiger partial charge in [0.1, 0.15) is 5.75 Å². The van der Waals surface area contributed by atoms with Gasteiger partial charge in [-0.15, -0.1) is 0 Å². The van der Waals surface area contributed by atoms with Gasteiger partial charge in [0.15, 0.2) is 0 Å². The first-order valence-corrected chi connectivity index (χ1v) is 17.0. The molecule has 0 unspecified atom stereocenters. The highest BCUT2D eigenvalue weighted by molar-refractivity contribution is 6.30. The molecule has 9 heteroatoms. The van der Waals surface area contributed by atoms with Crippen molar-refractivity contribution in [2.24, 2.45) is 0 Å². The van der Waals surface area contributed by atoms with E-state index in [9.17, 15) is 14.7 Å². The number of hydrogen-bond donors (Lipinski definition) is 3. The molecule has 0 aromatic heterocycles. The van der Waals surface area contributed by atoms with Crippen molar-refractivity contribution in [1.29, 1.82) is 0 Å². The van der Waals surface area contributed by atoms with E-state index in [1.165, 1.54) is 19.3 Å². The maximum Gasteiger partial charge on any atom is 0.319 e. The summed E-state index contributed by atoms with van der Waals surface area (Å²) in [6.07, 6.45) is 11.9. The fourth-order valence-corrected chi connectivity index (χ4v) is 7.49. The molecule has 2 aromatic carbocycles. The predicted molar refractivity (Wildman–Crippen MR) is 177 cm³/mol. The third kappa shape index (κ3) is 8.39. The maximum absolute atomic E-state index is 14.1. The van der Waals surface area contributed by atoms with Crippen LogP contribution in [0.2, 0.25) is 5.02 Å². The first-order chi connectivity index (χ1) is 21.3. The maximum atomic E-state index is 14.1. The van der Waals surface area contributed by atoms with Crippen LogP contribution in [-0.2, 0) is 11.2 Å². The molecule has 8 nitrogen and oxygen atoms in total. The molecule has 3 fully saturated rings. The number of piperidine rings is 1. The SMILES string of the molecule is CN(C)C(=O)N(C1CCCCC1)C1CCN(C(=O)[C@@H](Cc2ccc(Cl)cc2)N[C@H]2CC[C@@H](Nc3ccccc3O)CC2)CC1. The number of phenols is 1. The van der Waals surface area contributed by atoms with Gasteiger partial charge in [-0.05, 0) is 87.6 Å². The molecule has 240 valence electrons. The standard InChI is InChI=1S/C35H50ClN5O3/c1-39(2)35(44)41(29-8-4-3-5-9-29)30-20-22-40(23-21-30)34(43)32(24-25-12-14-26(36)15-13-25)38-28-18-16-27(17-19-28)37-31-10-6-7-11-33(31)42/h6-7,10-15,27-30,32,37-38,42H,3-5,8-9,16-24H2,1-2H3/t27-,28+,32-/m1/s1. The summed E-state index contributed by atoms with van der Waals surface area (Å²) in [5.74, 6) is 0.425. The second-order valence-corrected chi connectivity index (χ2v) is 13.6. The number of para-hydroxylation sites is 2. The van der Waals surface area contributed by atoms with Crippen molar-refractivity contribution < 1.29 is 14.7 Å². The zero-order valence-corrected chi connectivity index (χ0v) is 27.1. The number of phenolic OH excluding ortho intramolecular Hbond substituents is 1. The van der Waals surface area contributed by atoms with Crippen LogP contribution in [0.4, 0.5) is 10.5 Å². The van der Waals surface area contributed by atoms with E-state index < -0.39 is 0 Å². The Kier molecular flexibility index (Phi) is 11.3. The van der Waals surface area contributed by atoms with Crippen LogP contribution < -0.4 is 10.6 Å². The third-order valence-electron chi connectivity index (χ3n) is 9.82. The van der Waals surface area contributed by atoms with Gasteiger partial charge in [0.05, 0.1) is 11.7 Å². The van der Waals surface area contributed by atoms with Crippen molar-refractivity contribution >= 4 is 29.2 Å². The molecule has 3 aliphatic rings. The molecule has 5 rings (SSSR count). The Morgan fingerprint density at radius 1 is 0.864 bits per heavy atom. The second-order valence-electron chi connectivity index (χ2n) is 13.2. The molecular weight excluding hydrogens is 574 g/mol. The fourth-order valence-electron chi connectivity index (χ4n) is 7.36. The van der Waals surface area contributed by atoms with E-state index in [0.29, 0.717) is 36.6 Å². The fraction of sp³-hybridized carbons (Fsp3) is 0.600. The number of amides is 3. The predicted octanol–water partition coefficient (Wildman–Crippen LogP) is 6.28. The lowest BCUT2D eigenvalue weighted by Crippen LogP contribution is -2.58. The molecule has 3 N–H and O–H groups in total. The van der Waals surface area contributed by atoms with E-state index in [-0.39, 0.29) is 35.8 Å². The zero-order valence-electron chi connectivity index (χ0n) is 26.4. The van der Waals surface area contributed by atoms with Crippen LogP contribution >= 0.6 is 11.6 Å². The van der Waals surface area contributed by atoms with E-state index in [0.717, 1.165) is 62.6 Å². The van der Waals surface area contributed by atoms with Crippen molar-refractivity contribution in [3.63, 3.8) is 0 Å². The third-order valence-corrected chi connectivity index (χ3v) is 10.1. The number of urea groups is 1. The minimum atomic E-state index is -0.321. The Labute approximate surface area is 268 Å². The lowest BCUT2D eigenvalue weighted by molar-refractivity contribution is -0.135. The average molecular weight is 624 g/mol. The van der Waals surface area contributed by atoms with Crippen LogP contribution in [0.1, 0.15) is 76.2 Å². The molecule has 1 heterocycles. The Hall–Kier alpha value is -2.97. The molecule has 1 saturated heterocycles. The van der Waals surface area contributed by atoms with Crippen LogP contribution in [0.3, 0.4) is 0 Å². The molecular formula is C35H50ClN5O3. The lowest BCUT2D eigenvalue weighted by atomic mass is 9.89. The van der Waals surface area contributed by atoms with E-state index in [4.69, 9.17) is 11.6 Å². The van der Waals surface area contributed by atoms with Gasteiger partial charge < -0.3 is 30.4 Å².